The van der Waals surface area contributed by atoms with Crippen LogP contribution in [0, 0.1) is 0 Å². The third-order valence-electron chi connectivity index (χ3n) is 2.29. The molecule has 0 spiro atoms. The molecule has 0 aromatic heterocycles. The predicted octanol–water partition coefficient (Wildman–Crippen LogP) is 2.11. The minimum Gasteiger partial charge on any atom is -0.494 e. The summed E-state index contributed by atoms with van der Waals surface area (Å²) in [5.41, 5.74) is 0. The van der Waals surface area contributed by atoms with Crippen LogP contribution in [-0.4, -0.2) is 30.3 Å². The maximum atomic E-state index is 11.4. The lowest BCUT2D eigenvalue weighted by Gasteiger charge is -2.11. The van der Waals surface area contributed by atoms with Gasteiger partial charge in [0.25, 0.3) is 0 Å². The van der Waals surface area contributed by atoms with Crippen LogP contribution in [0.5, 0.6) is 5.75 Å². The number of aliphatic hydroxyl groups excluding tert-OH is 1. The molecule has 1 aromatic carbocycles. The van der Waals surface area contributed by atoms with Crippen molar-refractivity contribution in [2.75, 3.05) is 13.2 Å². The molecule has 0 heterocycles. The van der Waals surface area contributed by atoms with Crippen molar-refractivity contribution in [2.24, 2.45) is 0 Å². The maximum absolute atomic E-state index is 11.4. The van der Waals surface area contributed by atoms with Crippen molar-refractivity contribution in [1.29, 1.82) is 0 Å². The van der Waals surface area contributed by atoms with Crippen molar-refractivity contribution >= 4 is 21.8 Å². The summed E-state index contributed by atoms with van der Waals surface area (Å²) in [4.78, 5) is 11.4. The highest BCUT2D eigenvalue weighted by molar-refractivity contribution is 9.10. The number of halogens is 1. The molecule has 1 unspecified atom stereocenters. The monoisotopic (exact) mass is 315 g/mol. The van der Waals surface area contributed by atoms with Crippen LogP contribution in [0.15, 0.2) is 28.7 Å². The Kier molecular flexibility index (Phi) is 6.75. The lowest BCUT2D eigenvalue weighted by molar-refractivity contribution is -0.122. The van der Waals surface area contributed by atoms with E-state index in [4.69, 9.17) is 9.84 Å². The zero-order valence-corrected chi connectivity index (χ0v) is 11.9. The molecular weight excluding hydrogens is 298 g/mol. The molecule has 1 rings (SSSR count). The molecule has 5 heteroatoms. The number of hydrogen-bond donors (Lipinski definition) is 2. The van der Waals surface area contributed by atoms with E-state index in [2.05, 4.69) is 21.2 Å². The summed E-state index contributed by atoms with van der Waals surface area (Å²) in [5.74, 6) is 0.725. The van der Waals surface area contributed by atoms with Crippen LogP contribution in [0.4, 0.5) is 0 Å². The Bertz CT molecular complexity index is 384. The van der Waals surface area contributed by atoms with E-state index in [0.29, 0.717) is 19.4 Å². The first-order valence-corrected chi connectivity index (χ1v) is 6.69. The van der Waals surface area contributed by atoms with Crippen LogP contribution in [0.1, 0.15) is 19.8 Å². The van der Waals surface area contributed by atoms with Gasteiger partial charge in [-0.15, -0.1) is 0 Å². The van der Waals surface area contributed by atoms with Crippen molar-refractivity contribution in [3.05, 3.63) is 28.7 Å². The third-order valence-corrected chi connectivity index (χ3v) is 2.79. The molecule has 0 aliphatic carbocycles. The van der Waals surface area contributed by atoms with E-state index in [9.17, 15) is 4.79 Å². The Morgan fingerprint density at radius 3 is 3.00 bits per heavy atom. The smallest absolute Gasteiger partial charge is 0.220 e. The highest BCUT2D eigenvalue weighted by atomic mass is 79.9. The van der Waals surface area contributed by atoms with E-state index in [0.717, 1.165) is 10.2 Å². The zero-order valence-electron chi connectivity index (χ0n) is 10.4. The molecule has 0 radical (unpaired) electrons. The summed E-state index contributed by atoms with van der Waals surface area (Å²) < 4.78 is 6.48. The van der Waals surface area contributed by atoms with Crippen molar-refractivity contribution in [2.45, 2.75) is 25.8 Å². The van der Waals surface area contributed by atoms with Gasteiger partial charge in [0, 0.05) is 16.9 Å². The number of nitrogens with one attached hydrogen (secondary N) is 1. The average Bonchev–Trinajstić information content (AvgIpc) is 2.34. The molecule has 1 atom stereocenters. The SMILES string of the molecule is CC(CO)NC(=O)CCCOc1cccc(Br)c1. The number of carbonyl (C=O) groups excluding carboxylic acids is 1. The molecule has 0 saturated heterocycles. The number of amides is 1. The lowest BCUT2D eigenvalue weighted by Crippen LogP contribution is -2.34. The second kappa shape index (κ2) is 8.11. The highest BCUT2D eigenvalue weighted by Gasteiger charge is 2.05. The van der Waals surface area contributed by atoms with Gasteiger partial charge >= 0.3 is 0 Å². The van der Waals surface area contributed by atoms with E-state index >= 15 is 0 Å². The fraction of sp³-hybridized carbons (Fsp3) is 0.462. The summed E-state index contributed by atoms with van der Waals surface area (Å²) in [6.45, 7) is 2.22. The number of rotatable bonds is 7. The molecule has 0 saturated carbocycles. The molecule has 1 aromatic rings. The second-order valence-corrected chi connectivity index (χ2v) is 4.98. The van der Waals surface area contributed by atoms with Gasteiger partial charge in [0.2, 0.25) is 5.91 Å². The van der Waals surface area contributed by atoms with Crippen molar-refractivity contribution < 1.29 is 14.6 Å². The first kappa shape index (κ1) is 15.0. The summed E-state index contributed by atoms with van der Waals surface area (Å²) in [5, 5.41) is 11.5. The third kappa shape index (κ3) is 6.02. The Morgan fingerprint density at radius 2 is 2.33 bits per heavy atom. The summed E-state index contributed by atoms with van der Waals surface area (Å²) >= 11 is 3.36. The number of ether oxygens (including phenoxy) is 1. The number of benzene rings is 1. The van der Waals surface area contributed by atoms with Gasteiger partial charge in [0.15, 0.2) is 0 Å². The normalized spacial score (nSPS) is 11.9. The van der Waals surface area contributed by atoms with E-state index in [-0.39, 0.29) is 18.6 Å². The number of carbonyl (C=O) groups is 1. The second-order valence-electron chi connectivity index (χ2n) is 4.06. The van der Waals surface area contributed by atoms with Crippen molar-refractivity contribution in [1.82, 2.24) is 5.32 Å². The quantitative estimate of drug-likeness (QED) is 0.758. The van der Waals surface area contributed by atoms with Gasteiger partial charge in [-0.25, -0.2) is 0 Å². The van der Waals surface area contributed by atoms with Gasteiger partial charge in [-0.1, -0.05) is 22.0 Å². The molecule has 0 fully saturated rings. The minimum atomic E-state index is -0.191. The van der Waals surface area contributed by atoms with E-state index < -0.39 is 0 Å². The van der Waals surface area contributed by atoms with Gasteiger partial charge in [0.05, 0.1) is 13.2 Å². The molecule has 0 aliphatic heterocycles. The Morgan fingerprint density at radius 1 is 1.56 bits per heavy atom. The fourth-order valence-corrected chi connectivity index (χ4v) is 1.75. The molecule has 0 aliphatic rings. The standard InChI is InChI=1S/C13H18BrNO3/c1-10(9-16)15-13(17)6-3-7-18-12-5-2-4-11(14)8-12/h2,4-5,8,10,16H,3,6-7,9H2,1H3,(H,15,17). The van der Waals surface area contributed by atoms with Crippen LogP contribution < -0.4 is 10.1 Å². The Balaban J connectivity index is 2.17. The molecular formula is C13H18BrNO3. The summed E-state index contributed by atoms with van der Waals surface area (Å²) in [6.07, 6.45) is 1.05. The van der Waals surface area contributed by atoms with E-state index in [1.165, 1.54) is 0 Å². The summed E-state index contributed by atoms with van der Waals surface area (Å²) in [7, 11) is 0. The van der Waals surface area contributed by atoms with E-state index in [1.54, 1.807) is 6.92 Å². The van der Waals surface area contributed by atoms with Crippen LogP contribution >= 0.6 is 15.9 Å². The average molecular weight is 316 g/mol. The van der Waals surface area contributed by atoms with Gasteiger partial charge in [-0.2, -0.15) is 0 Å². The Labute approximate surface area is 115 Å². The number of hydrogen-bond acceptors (Lipinski definition) is 3. The van der Waals surface area contributed by atoms with Crippen LogP contribution in [0.3, 0.4) is 0 Å². The van der Waals surface area contributed by atoms with Gasteiger partial charge in [-0.3, -0.25) is 4.79 Å². The highest BCUT2D eigenvalue weighted by Crippen LogP contribution is 2.17. The molecule has 18 heavy (non-hydrogen) atoms. The summed E-state index contributed by atoms with van der Waals surface area (Å²) in [6, 6.07) is 7.39. The predicted molar refractivity (Wildman–Crippen MR) is 73.6 cm³/mol. The van der Waals surface area contributed by atoms with Crippen LogP contribution in [0.2, 0.25) is 0 Å². The number of aliphatic hydroxyl groups is 1. The largest absolute Gasteiger partial charge is 0.494 e. The Hall–Kier alpha value is -1.07. The maximum Gasteiger partial charge on any atom is 0.220 e. The van der Waals surface area contributed by atoms with E-state index in [1.807, 2.05) is 24.3 Å². The molecule has 100 valence electrons. The zero-order chi connectivity index (χ0) is 13.4. The topological polar surface area (TPSA) is 58.6 Å². The van der Waals surface area contributed by atoms with Crippen LogP contribution in [0.25, 0.3) is 0 Å². The first-order chi connectivity index (χ1) is 8.61. The molecule has 2 N–H and O–H groups in total. The first-order valence-electron chi connectivity index (χ1n) is 5.90. The molecule has 4 nitrogen and oxygen atoms in total. The van der Waals surface area contributed by atoms with Gasteiger partial charge in [0.1, 0.15) is 5.75 Å². The van der Waals surface area contributed by atoms with Crippen LogP contribution in [-0.2, 0) is 4.79 Å². The van der Waals surface area contributed by atoms with Crippen molar-refractivity contribution in [3.63, 3.8) is 0 Å². The van der Waals surface area contributed by atoms with Gasteiger partial charge in [-0.05, 0) is 31.5 Å². The van der Waals surface area contributed by atoms with Gasteiger partial charge < -0.3 is 15.2 Å². The molecule has 1 amide bonds. The fourth-order valence-electron chi connectivity index (χ4n) is 1.37. The van der Waals surface area contributed by atoms with Crippen molar-refractivity contribution in [3.8, 4) is 5.75 Å². The molecule has 0 bridgehead atoms. The lowest BCUT2D eigenvalue weighted by atomic mass is 10.2. The minimum absolute atomic E-state index is 0.0414.